The Labute approximate surface area is 114 Å². The number of carbonyl (C=O) groups excluding carboxylic acids is 1. The lowest BCUT2D eigenvalue weighted by Crippen LogP contribution is -2.19. The van der Waals surface area contributed by atoms with E-state index in [0.29, 0.717) is 6.54 Å². The molecule has 2 rings (SSSR count). The molecule has 20 heavy (non-hydrogen) atoms. The summed E-state index contributed by atoms with van der Waals surface area (Å²) in [5.74, 6) is -1.04. The Kier molecular flexibility index (Phi) is 3.66. The normalized spacial score (nSPS) is 10.1. The largest absolute Gasteiger partial charge is 0.396 e. The summed E-state index contributed by atoms with van der Waals surface area (Å²) in [5, 5.41) is 15.4. The van der Waals surface area contributed by atoms with Crippen molar-refractivity contribution in [1.29, 1.82) is 5.26 Å². The summed E-state index contributed by atoms with van der Waals surface area (Å²) >= 11 is 0. The molecule has 3 N–H and O–H groups in total. The van der Waals surface area contributed by atoms with Gasteiger partial charge in [0.25, 0.3) is 5.91 Å². The minimum atomic E-state index is -0.544. The molecule has 0 aliphatic carbocycles. The van der Waals surface area contributed by atoms with E-state index in [0.717, 1.165) is 12.1 Å². The third kappa shape index (κ3) is 2.44. The number of nitrogen functional groups attached to an aromatic ring is 1. The topological polar surface area (TPSA) is 96.7 Å². The van der Waals surface area contributed by atoms with Crippen molar-refractivity contribution in [3.63, 3.8) is 0 Å². The average Bonchev–Trinajstić information content (AvgIpc) is 2.81. The highest BCUT2D eigenvalue weighted by molar-refractivity contribution is 6.06. The molecule has 0 atom stereocenters. The van der Waals surface area contributed by atoms with Gasteiger partial charge in [-0.15, -0.1) is 0 Å². The summed E-state index contributed by atoms with van der Waals surface area (Å²) in [7, 11) is 0. The zero-order valence-electron chi connectivity index (χ0n) is 10.7. The number of anilines is 2. The van der Waals surface area contributed by atoms with Crippen LogP contribution in [0.25, 0.3) is 0 Å². The molecule has 1 heterocycles. The Morgan fingerprint density at radius 1 is 1.60 bits per heavy atom. The molecule has 0 bridgehead atoms. The van der Waals surface area contributed by atoms with E-state index in [1.165, 1.54) is 16.9 Å². The summed E-state index contributed by atoms with van der Waals surface area (Å²) in [4.78, 5) is 12.2. The van der Waals surface area contributed by atoms with Crippen molar-refractivity contribution in [3.05, 3.63) is 41.5 Å². The van der Waals surface area contributed by atoms with Crippen molar-refractivity contribution in [3.8, 4) is 6.07 Å². The zero-order chi connectivity index (χ0) is 14.7. The van der Waals surface area contributed by atoms with Crippen molar-refractivity contribution in [2.45, 2.75) is 13.5 Å². The standard InChI is InChI=1S/C13H12FN5O/c1-2-19-12(10(16)7-17-19)13(20)18-11-4-3-9(14)5-8(11)6-15/h3-5,7H,2,16H2,1H3,(H,18,20). The molecular formula is C13H12FN5O. The van der Waals surface area contributed by atoms with Gasteiger partial charge < -0.3 is 11.1 Å². The lowest BCUT2D eigenvalue weighted by atomic mass is 10.2. The van der Waals surface area contributed by atoms with E-state index in [2.05, 4.69) is 10.4 Å². The average molecular weight is 273 g/mol. The van der Waals surface area contributed by atoms with Crippen LogP contribution in [0.15, 0.2) is 24.4 Å². The molecule has 1 aromatic carbocycles. The SMILES string of the molecule is CCn1ncc(N)c1C(=O)Nc1ccc(F)cc1C#N. The van der Waals surface area contributed by atoms with Gasteiger partial charge in [0.15, 0.2) is 0 Å². The van der Waals surface area contributed by atoms with E-state index in [1.54, 1.807) is 0 Å². The van der Waals surface area contributed by atoms with Crippen LogP contribution in [0.1, 0.15) is 23.0 Å². The van der Waals surface area contributed by atoms with Crippen LogP contribution in [-0.4, -0.2) is 15.7 Å². The molecule has 0 saturated carbocycles. The van der Waals surface area contributed by atoms with Gasteiger partial charge in [0.1, 0.15) is 17.6 Å². The monoisotopic (exact) mass is 273 g/mol. The molecular weight excluding hydrogens is 261 g/mol. The van der Waals surface area contributed by atoms with Gasteiger partial charge >= 0.3 is 0 Å². The molecule has 0 aliphatic rings. The highest BCUT2D eigenvalue weighted by atomic mass is 19.1. The highest BCUT2D eigenvalue weighted by Gasteiger charge is 2.17. The molecule has 6 nitrogen and oxygen atoms in total. The van der Waals surface area contributed by atoms with Crippen LogP contribution in [0.4, 0.5) is 15.8 Å². The zero-order valence-corrected chi connectivity index (χ0v) is 10.7. The number of amides is 1. The fourth-order valence-corrected chi connectivity index (χ4v) is 1.79. The first-order chi connectivity index (χ1) is 9.56. The van der Waals surface area contributed by atoms with Crippen molar-refractivity contribution in [1.82, 2.24) is 9.78 Å². The summed E-state index contributed by atoms with van der Waals surface area (Å²) in [6.07, 6.45) is 1.38. The maximum absolute atomic E-state index is 13.0. The van der Waals surface area contributed by atoms with Crippen LogP contribution >= 0.6 is 0 Å². The number of nitrogens with zero attached hydrogens (tertiary/aromatic N) is 3. The summed E-state index contributed by atoms with van der Waals surface area (Å²) in [6, 6.07) is 5.37. The van der Waals surface area contributed by atoms with E-state index < -0.39 is 11.7 Å². The number of rotatable bonds is 3. The molecule has 0 radical (unpaired) electrons. The number of carbonyl (C=O) groups is 1. The number of hydrogen-bond donors (Lipinski definition) is 2. The number of benzene rings is 1. The van der Waals surface area contributed by atoms with Gasteiger partial charge in [-0.1, -0.05) is 0 Å². The number of aryl methyl sites for hydroxylation is 1. The Morgan fingerprint density at radius 2 is 2.35 bits per heavy atom. The molecule has 0 saturated heterocycles. The van der Waals surface area contributed by atoms with Crippen LogP contribution in [0.3, 0.4) is 0 Å². The fourth-order valence-electron chi connectivity index (χ4n) is 1.79. The van der Waals surface area contributed by atoms with Crippen molar-refractivity contribution in [2.75, 3.05) is 11.1 Å². The van der Waals surface area contributed by atoms with Gasteiger partial charge in [-0.05, 0) is 25.1 Å². The number of halogens is 1. The summed E-state index contributed by atoms with van der Waals surface area (Å²) in [5.41, 5.74) is 6.41. The molecule has 102 valence electrons. The van der Waals surface area contributed by atoms with Crippen molar-refractivity contribution in [2.24, 2.45) is 0 Å². The number of nitriles is 1. The van der Waals surface area contributed by atoms with Crippen LogP contribution < -0.4 is 11.1 Å². The van der Waals surface area contributed by atoms with Gasteiger partial charge in [0.05, 0.1) is 23.1 Å². The van der Waals surface area contributed by atoms with Gasteiger partial charge in [0, 0.05) is 6.54 Å². The Hall–Kier alpha value is -2.88. The van der Waals surface area contributed by atoms with Gasteiger partial charge in [0.2, 0.25) is 0 Å². The predicted molar refractivity (Wildman–Crippen MR) is 71.4 cm³/mol. The van der Waals surface area contributed by atoms with Crippen molar-refractivity contribution >= 4 is 17.3 Å². The first-order valence-corrected chi connectivity index (χ1v) is 5.89. The Bertz CT molecular complexity index is 701. The van der Waals surface area contributed by atoms with E-state index in [-0.39, 0.29) is 22.6 Å². The van der Waals surface area contributed by atoms with Gasteiger partial charge in [-0.3, -0.25) is 9.48 Å². The third-order valence-electron chi connectivity index (χ3n) is 2.73. The summed E-state index contributed by atoms with van der Waals surface area (Å²) in [6.45, 7) is 2.30. The van der Waals surface area contributed by atoms with Crippen LogP contribution in [0.2, 0.25) is 0 Å². The van der Waals surface area contributed by atoms with Crippen LogP contribution in [-0.2, 0) is 6.54 Å². The van der Waals surface area contributed by atoms with Gasteiger partial charge in [-0.25, -0.2) is 4.39 Å². The highest BCUT2D eigenvalue weighted by Crippen LogP contribution is 2.19. The quantitative estimate of drug-likeness (QED) is 0.890. The van der Waals surface area contributed by atoms with Crippen LogP contribution in [0.5, 0.6) is 0 Å². The van der Waals surface area contributed by atoms with Gasteiger partial charge in [-0.2, -0.15) is 10.4 Å². The van der Waals surface area contributed by atoms with E-state index in [9.17, 15) is 9.18 Å². The minimum Gasteiger partial charge on any atom is -0.396 e. The predicted octanol–water partition coefficient (Wildman–Crippen LogP) is 1.75. The van der Waals surface area contributed by atoms with Crippen molar-refractivity contribution < 1.29 is 9.18 Å². The first-order valence-electron chi connectivity index (χ1n) is 5.89. The second-order valence-electron chi connectivity index (χ2n) is 4.02. The first kappa shape index (κ1) is 13.5. The number of aromatic nitrogens is 2. The number of hydrogen-bond acceptors (Lipinski definition) is 4. The number of nitrogens with two attached hydrogens (primary N) is 1. The fraction of sp³-hybridized carbons (Fsp3) is 0.154. The van der Waals surface area contributed by atoms with E-state index in [4.69, 9.17) is 11.0 Å². The lowest BCUT2D eigenvalue weighted by Gasteiger charge is -2.09. The van der Waals surface area contributed by atoms with E-state index in [1.807, 2.05) is 13.0 Å². The summed E-state index contributed by atoms with van der Waals surface area (Å²) < 4.78 is 14.5. The maximum Gasteiger partial charge on any atom is 0.276 e. The molecule has 2 aromatic rings. The molecule has 7 heteroatoms. The molecule has 1 amide bonds. The second kappa shape index (κ2) is 5.40. The van der Waals surface area contributed by atoms with Crippen LogP contribution in [0, 0.1) is 17.1 Å². The Balaban J connectivity index is 2.33. The molecule has 1 aromatic heterocycles. The molecule has 0 aliphatic heterocycles. The maximum atomic E-state index is 13.0. The molecule has 0 spiro atoms. The number of nitrogens with one attached hydrogen (secondary N) is 1. The minimum absolute atomic E-state index is 0.0412. The lowest BCUT2D eigenvalue weighted by molar-refractivity contribution is 0.101. The molecule has 0 unspecified atom stereocenters. The molecule has 0 fully saturated rings. The smallest absolute Gasteiger partial charge is 0.276 e. The van der Waals surface area contributed by atoms with E-state index >= 15 is 0 Å². The third-order valence-corrected chi connectivity index (χ3v) is 2.73. The Morgan fingerprint density at radius 3 is 3.00 bits per heavy atom. The second-order valence-corrected chi connectivity index (χ2v) is 4.02.